The number of aliphatic hydroxyl groups is 1. The molecule has 0 saturated heterocycles. The van der Waals surface area contributed by atoms with Gasteiger partial charge >= 0.3 is 0 Å². The Hall–Kier alpha value is 0.210. The molecule has 0 bridgehead atoms. The van der Waals surface area contributed by atoms with Gasteiger partial charge in [0.2, 0.25) is 0 Å². The standard InChI is InChI=1S/C24H52NO.ClH/c1-4-6-8-10-12-14-16-18-20-22-25(3,24-26)23-21-19-17-15-13-11-9-7-5-2;/h26H,4-24H2,1-3H3;1H/q+1;/p-1. The van der Waals surface area contributed by atoms with E-state index in [-0.39, 0.29) is 12.4 Å². The first kappa shape index (κ1) is 29.4. The second-order valence-electron chi connectivity index (χ2n) is 8.86. The van der Waals surface area contributed by atoms with Crippen LogP contribution in [0.3, 0.4) is 0 Å². The Bertz CT molecular complexity index is 251. The number of hydrogen-bond donors (Lipinski definition) is 1. The molecular formula is C24H52ClNO. The van der Waals surface area contributed by atoms with E-state index >= 15 is 0 Å². The number of halogens is 1. The van der Waals surface area contributed by atoms with Crippen LogP contribution in [0.25, 0.3) is 0 Å². The number of nitrogens with zero attached hydrogens (tertiary/aromatic N) is 1. The van der Waals surface area contributed by atoms with Crippen molar-refractivity contribution in [3.05, 3.63) is 0 Å². The van der Waals surface area contributed by atoms with Gasteiger partial charge in [-0.1, -0.05) is 104 Å². The molecule has 0 unspecified atom stereocenters. The molecule has 0 rings (SSSR count). The first-order chi connectivity index (χ1) is 12.7. The Morgan fingerprint density at radius 3 is 1.00 bits per heavy atom. The smallest absolute Gasteiger partial charge is 0.180 e. The number of hydrogen-bond acceptors (Lipinski definition) is 1. The van der Waals surface area contributed by atoms with Crippen LogP contribution in [0, 0.1) is 0 Å². The first-order valence-electron chi connectivity index (χ1n) is 12.1. The molecule has 0 aromatic carbocycles. The largest absolute Gasteiger partial charge is 1.00 e. The minimum absolute atomic E-state index is 0. The molecule has 0 fully saturated rings. The van der Waals surface area contributed by atoms with E-state index < -0.39 is 0 Å². The van der Waals surface area contributed by atoms with Crippen molar-refractivity contribution in [2.75, 3.05) is 26.9 Å². The minimum Gasteiger partial charge on any atom is -1.00 e. The number of quaternary nitrogens is 1. The van der Waals surface area contributed by atoms with Crippen LogP contribution < -0.4 is 12.4 Å². The second-order valence-corrected chi connectivity index (χ2v) is 8.86. The van der Waals surface area contributed by atoms with Crippen molar-refractivity contribution in [3.63, 3.8) is 0 Å². The van der Waals surface area contributed by atoms with Crippen molar-refractivity contribution in [2.24, 2.45) is 0 Å². The van der Waals surface area contributed by atoms with Crippen LogP contribution in [0.2, 0.25) is 0 Å². The van der Waals surface area contributed by atoms with E-state index in [1.165, 1.54) is 116 Å². The van der Waals surface area contributed by atoms with Crippen LogP contribution in [-0.2, 0) is 0 Å². The van der Waals surface area contributed by atoms with Gasteiger partial charge in [-0.2, -0.15) is 0 Å². The third-order valence-corrected chi connectivity index (χ3v) is 5.94. The van der Waals surface area contributed by atoms with E-state index in [1.54, 1.807) is 0 Å². The molecule has 2 nitrogen and oxygen atoms in total. The zero-order valence-electron chi connectivity index (χ0n) is 19.1. The molecule has 0 radical (unpaired) electrons. The van der Waals surface area contributed by atoms with E-state index in [2.05, 4.69) is 20.9 Å². The lowest BCUT2D eigenvalue weighted by molar-refractivity contribution is -0.927. The van der Waals surface area contributed by atoms with E-state index in [4.69, 9.17) is 0 Å². The van der Waals surface area contributed by atoms with Gasteiger partial charge < -0.3 is 22.0 Å². The van der Waals surface area contributed by atoms with Crippen LogP contribution in [-0.4, -0.2) is 36.5 Å². The van der Waals surface area contributed by atoms with Gasteiger partial charge in [0.1, 0.15) is 0 Å². The van der Waals surface area contributed by atoms with Crippen molar-refractivity contribution in [1.82, 2.24) is 0 Å². The molecule has 0 atom stereocenters. The Morgan fingerprint density at radius 2 is 0.741 bits per heavy atom. The molecule has 0 aromatic rings. The molecule has 27 heavy (non-hydrogen) atoms. The van der Waals surface area contributed by atoms with Crippen LogP contribution >= 0.6 is 0 Å². The average Bonchev–Trinajstić information content (AvgIpc) is 2.65. The predicted octanol–water partition coefficient (Wildman–Crippen LogP) is 4.45. The fourth-order valence-electron chi connectivity index (χ4n) is 3.86. The Labute approximate surface area is 178 Å². The molecule has 0 aliphatic rings. The molecular weight excluding hydrogens is 354 g/mol. The van der Waals surface area contributed by atoms with E-state index in [0.29, 0.717) is 6.73 Å². The topological polar surface area (TPSA) is 20.2 Å². The van der Waals surface area contributed by atoms with Crippen LogP contribution in [0.4, 0.5) is 0 Å². The highest BCUT2D eigenvalue weighted by Crippen LogP contribution is 2.14. The molecule has 1 N–H and O–H groups in total. The summed E-state index contributed by atoms with van der Waals surface area (Å²) in [5.74, 6) is 0. The second kappa shape index (κ2) is 22.5. The summed E-state index contributed by atoms with van der Waals surface area (Å²) in [7, 11) is 2.25. The normalized spacial score (nSPS) is 11.6. The molecule has 0 aromatic heterocycles. The highest BCUT2D eigenvalue weighted by atomic mass is 35.5. The number of aliphatic hydroxyl groups excluding tert-OH is 1. The van der Waals surface area contributed by atoms with Gasteiger partial charge in [0, 0.05) is 0 Å². The fourth-order valence-corrected chi connectivity index (χ4v) is 3.86. The Balaban J connectivity index is 0. The third-order valence-electron chi connectivity index (χ3n) is 5.94. The van der Waals surface area contributed by atoms with Crippen molar-refractivity contribution in [3.8, 4) is 0 Å². The lowest BCUT2D eigenvalue weighted by Crippen LogP contribution is -3.00. The van der Waals surface area contributed by atoms with Gasteiger partial charge in [-0.05, 0) is 25.7 Å². The monoisotopic (exact) mass is 405 g/mol. The van der Waals surface area contributed by atoms with Gasteiger partial charge in [-0.15, -0.1) is 0 Å². The minimum atomic E-state index is 0. The average molecular weight is 406 g/mol. The molecule has 3 heteroatoms. The lowest BCUT2D eigenvalue weighted by Gasteiger charge is -2.32. The van der Waals surface area contributed by atoms with Crippen molar-refractivity contribution in [2.45, 2.75) is 129 Å². The summed E-state index contributed by atoms with van der Waals surface area (Å²) in [5, 5.41) is 9.80. The van der Waals surface area contributed by atoms with Gasteiger partial charge in [-0.3, -0.25) is 0 Å². The Kier molecular flexibility index (Phi) is 24.5. The molecule has 0 amide bonds. The summed E-state index contributed by atoms with van der Waals surface area (Å²) < 4.78 is 0.868. The van der Waals surface area contributed by atoms with Crippen molar-refractivity contribution in [1.29, 1.82) is 0 Å². The summed E-state index contributed by atoms with van der Waals surface area (Å²) in [6.45, 7) is 7.19. The maximum atomic E-state index is 9.80. The zero-order chi connectivity index (χ0) is 19.3. The quantitative estimate of drug-likeness (QED) is 0.170. The molecule has 0 spiro atoms. The van der Waals surface area contributed by atoms with Crippen molar-refractivity contribution < 1.29 is 22.0 Å². The van der Waals surface area contributed by atoms with Crippen LogP contribution in [0.5, 0.6) is 0 Å². The van der Waals surface area contributed by atoms with Crippen LogP contribution in [0.15, 0.2) is 0 Å². The number of rotatable bonds is 21. The summed E-state index contributed by atoms with van der Waals surface area (Å²) in [6.07, 6.45) is 24.9. The van der Waals surface area contributed by atoms with E-state index in [1.807, 2.05) is 0 Å². The summed E-state index contributed by atoms with van der Waals surface area (Å²) in [6, 6.07) is 0. The third kappa shape index (κ3) is 20.7. The maximum absolute atomic E-state index is 9.80. The highest BCUT2D eigenvalue weighted by molar-refractivity contribution is 4.49. The van der Waals surface area contributed by atoms with Gasteiger partial charge in [-0.25, -0.2) is 0 Å². The van der Waals surface area contributed by atoms with E-state index in [0.717, 1.165) is 17.6 Å². The number of unbranched alkanes of at least 4 members (excludes halogenated alkanes) is 16. The molecule has 166 valence electrons. The molecule has 0 aliphatic heterocycles. The lowest BCUT2D eigenvalue weighted by atomic mass is 10.1. The van der Waals surface area contributed by atoms with Gasteiger partial charge in [0.05, 0.1) is 20.1 Å². The first-order valence-corrected chi connectivity index (χ1v) is 12.1. The summed E-state index contributed by atoms with van der Waals surface area (Å²) in [5.41, 5.74) is 0. The van der Waals surface area contributed by atoms with Crippen LogP contribution in [0.1, 0.15) is 129 Å². The van der Waals surface area contributed by atoms with Gasteiger partial charge in [0.25, 0.3) is 0 Å². The van der Waals surface area contributed by atoms with E-state index in [9.17, 15) is 5.11 Å². The zero-order valence-corrected chi connectivity index (χ0v) is 19.9. The molecule has 0 heterocycles. The Morgan fingerprint density at radius 1 is 0.481 bits per heavy atom. The predicted molar refractivity (Wildman–Crippen MR) is 117 cm³/mol. The highest BCUT2D eigenvalue weighted by Gasteiger charge is 2.18. The fraction of sp³-hybridized carbons (Fsp3) is 1.00. The molecule has 0 saturated carbocycles. The van der Waals surface area contributed by atoms with Crippen molar-refractivity contribution >= 4 is 0 Å². The summed E-state index contributed by atoms with van der Waals surface area (Å²) in [4.78, 5) is 0. The molecule has 0 aliphatic carbocycles. The summed E-state index contributed by atoms with van der Waals surface area (Å²) >= 11 is 0. The SMILES string of the molecule is CCCCCCCCCCC[N+](C)(CO)CCCCCCCCCCC.[Cl-]. The van der Waals surface area contributed by atoms with Gasteiger partial charge in [0.15, 0.2) is 6.73 Å². The maximum Gasteiger partial charge on any atom is 0.180 e.